The molecule has 1 aliphatic heterocycles. The third kappa shape index (κ3) is 5.76. The Bertz CT molecular complexity index is 943. The number of aliphatic hydroxyl groups is 1. The summed E-state index contributed by atoms with van der Waals surface area (Å²) in [6, 6.07) is 26.8. The second-order valence-corrected chi connectivity index (χ2v) is 9.16. The Hall–Kier alpha value is -2.69. The molecule has 3 aromatic rings. The van der Waals surface area contributed by atoms with Gasteiger partial charge in [0.1, 0.15) is 11.4 Å². The van der Waals surface area contributed by atoms with Crippen LogP contribution in [0.4, 0.5) is 4.39 Å². The summed E-state index contributed by atoms with van der Waals surface area (Å²) in [7, 11) is 0. The molecule has 168 valence electrons. The van der Waals surface area contributed by atoms with Gasteiger partial charge in [-0.25, -0.2) is 4.39 Å². The van der Waals surface area contributed by atoms with Gasteiger partial charge in [0.2, 0.25) is 0 Å². The number of phenolic OH excluding ortho intramolecular Hbond substituents is 1. The molecule has 1 saturated heterocycles. The highest BCUT2D eigenvalue weighted by Crippen LogP contribution is 2.38. The minimum Gasteiger partial charge on any atom is -0.508 e. The first-order chi connectivity index (χ1) is 15.4. The van der Waals surface area contributed by atoms with E-state index in [0.717, 1.165) is 17.7 Å². The van der Waals surface area contributed by atoms with Crippen LogP contribution < -0.4 is 0 Å². The lowest BCUT2D eigenvalue weighted by atomic mass is 9.83. The maximum Gasteiger partial charge on any atom is 0.138 e. The van der Waals surface area contributed by atoms with Gasteiger partial charge >= 0.3 is 0 Å². The molecule has 0 atom stereocenters. The molecule has 0 aromatic heterocycles. The number of aromatic hydroxyl groups is 1. The van der Waals surface area contributed by atoms with E-state index in [4.69, 9.17) is 0 Å². The third-order valence-electron chi connectivity index (χ3n) is 6.66. The van der Waals surface area contributed by atoms with E-state index in [2.05, 4.69) is 29.2 Å². The predicted molar refractivity (Wildman–Crippen MR) is 126 cm³/mol. The number of phenols is 1. The summed E-state index contributed by atoms with van der Waals surface area (Å²) < 4.78 is 15.5. The van der Waals surface area contributed by atoms with E-state index in [1.165, 1.54) is 6.07 Å². The van der Waals surface area contributed by atoms with Crippen LogP contribution in [0.5, 0.6) is 5.75 Å². The van der Waals surface area contributed by atoms with Crippen molar-refractivity contribution >= 4 is 0 Å². The topological polar surface area (TPSA) is 43.7 Å². The molecular formula is C28H32FNO2. The number of rotatable bonds is 8. The third-order valence-corrected chi connectivity index (χ3v) is 6.66. The molecule has 0 radical (unpaired) electrons. The molecule has 0 aliphatic carbocycles. The summed E-state index contributed by atoms with van der Waals surface area (Å²) in [6.07, 6.45) is 2.60. The van der Waals surface area contributed by atoms with E-state index in [1.807, 2.05) is 36.4 Å². The van der Waals surface area contributed by atoms with Crippen molar-refractivity contribution < 1.29 is 14.6 Å². The van der Waals surface area contributed by atoms with E-state index in [1.54, 1.807) is 18.2 Å². The van der Waals surface area contributed by atoms with Crippen LogP contribution in [0, 0.1) is 0 Å². The lowest BCUT2D eigenvalue weighted by Crippen LogP contribution is -2.44. The normalized spacial score (nSPS) is 16.7. The van der Waals surface area contributed by atoms with Crippen molar-refractivity contribution in [2.75, 3.05) is 19.6 Å². The molecule has 0 bridgehead atoms. The van der Waals surface area contributed by atoms with Crippen LogP contribution in [0.3, 0.4) is 0 Å². The average molecular weight is 434 g/mol. The van der Waals surface area contributed by atoms with Gasteiger partial charge in [-0.3, -0.25) is 0 Å². The first-order valence-electron chi connectivity index (χ1n) is 11.5. The SMILES string of the molecule is Oc1cccc(C2(F)CCN(CCC(O)(Cc3ccccc3)Cc3ccccc3)CC2)c1. The number of halogens is 1. The average Bonchev–Trinajstić information content (AvgIpc) is 2.80. The Kier molecular flexibility index (Phi) is 6.92. The van der Waals surface area contributed by atoms with Crippen LogP contribution in [-0.2, 0) is 18.5 Å². The van der Waals surface area contributed by atoms with Crippen molar-refractivity contribution in [1.82, 2.24) is 4.90 Å². The maximum atomic E-state index is 15.5. The van der Waals surface area contributed by atoms with Gasteiger partial charge in [-0.2, -0.15) is 0 Å². The van der Waals surface area contributed by atoms with Crippen molar-refractivity contribution in [3.63, 3.8) is 0 Å². The fourth-order valence-electron chi connectivity index (χ4n) is 4.76. The quantitative estimate of drug-likeness (QED) is 0.509. The van der Waals surface area contributed by atoms with Gasteiger partial charge in [0.15, 0.2) is 0 Å². The monoisotopic (exact) mass is 433 g/mol. The van der Waals surface area contributed by atoms with Crippen LogP contribution in [0.1, 0.15) is 36.0 Å². The number of alkyl halides is 1. The predicted octanol–water partition coefficient (Wildman–Crippen LogP) is 5.26. The Morgan fingerprint density at radius 3 is 1.91 bits per heavy atom. The Balaban J connectivity index is 1.40. The molecule has 1 fully saturated rings. The van der Waals surface area contributed by atoms with Crippen molar-refractivity contribution in [2.45, 2.75) is 43.4 Å². The van der Waals surface area contributed by atoms with Gasteiger partial charge in [-0.1, -0.05) is 72.8 Å². The second kappa shape index (κ2) is 9.85. The molecule has 2 N–H and O–H groups in total. The minimum atomic E-state index is -1.40. The molecule has 32 heavy (non-hydrogen) atoms. The number of hydrogen-bond acceptors (Lipinski definition) is 3. The highest BCUT2D eigenvalue weighted by molar-refractivity contribution is 5.32. The smallest absolute Gasteiger partial charge is 0.138 e. The highest BCUT2D eigenvalue weighted by atomic mass is 19.1. The van der Waals surface area contributed by atoms with E-state index in [-0.39, 0.29) is 5.75 Å². The van der Waals surface area contributed by atoms with Crippen LogP contribution in [0.15, 0.2) is 84.9 Å². The zero-order valence-corrected chi connectivity index (χ0v) is 18.5. The second-order valence-electron chi connectivity index (χ2n) is 9.16. The van der Waals surface area contributed by atoms with Gasteiger partial charge < -0.3 is 15.1 Å². The lowest BCUT2D eigenvalue weighted by Gasteiger charge is -2.38. The molecule has 4 heteroatoms. The number of nitrogens with zero attached hydrogens (tertiary/aromatic N) is 1. The minimum absolute atomic E-state index is 0.105. The first kappa shape index (κ1) is 22.5. The summed E-state index contributed by atoms with van der Waals surface area (Å²) in [5.41, 5.74) is 0.534. The lowest BCUT2D eigenvalue weighted by molar-refractivity contribution is 0.00664. The van der Waals surface area contributed by atoms with E-state index < -0.39 is 11.3 Å². The zero-order chi connectivity index (χ0) is 22.4. The summed E-state index contributed by atoms with van der Waals surface area (Å²) in [4.78, 5) is 2.25. The fraction of sp³-hybridized carbons (Fsp3) is 0.357. The summed E-state index contributed by atoms with van der Waals surface area (Å²) >= 11 is 0. The van der Waals surface area contributed by atoms with Crippen molar-refractivity contribution in [3.05, 3.63) is 102 Å². The molecule has 0 spiro atoms. The maximum absolute atomic E-state index is 15.5. The fourth-order valence-corrected chi connectivity index (χ4v) is 4.76. The summed E-state index contributed by atoms with van der Waals surface area (Å²) in [5.74, 6) is 0.105. The van der Waals surface area contributed by atoms with Gasteiger partial charge in [-0.15, -0.1) is 0 Å². The Labute approximate surface area is 190 Å². The highest BCUT2D eigenvalue weighted by Gasteiger charge is 2.37. The van der Waals surface area contributed by atoms with Gasteiger partial charge in [-0.05, 0) is 48.1 Å². The van der Waals surface area contributed by atoms with Gasteiger partial charge in [0, 0.05) is 32.5 Å². The summed E-state index contributed by atoms with van der Waals surface area (Å²) in [5, 5.41) is 21.4. The molecule has 1 heterocycles. The number of hydrogen-bond donors (Lipinski definition) is 2. The largest absolute Gasteiger partial charge is 0.508 e. The molecule has 3 nitrogen and oxygen atoms in total. The van der Waals surface area contributed by atoms with Crippen LogP contribution >= 0.6 is 0 Å². The van der Waals surface area contributed by atoms with E-state index in [9.17, 15) is 10.2 Å². The standard InChI is InChI=1S/C28H32FNO2/c29-28(25-12-7-13-26(31)20-25)15-18-30(19-16-28)17-14-27(32,21-23-8-3-1-4-9-23)22-24-10-5-2-6-11-24/h1-13,20,31-32H,14-19,21-22H2. The zero-order valence-electron chi connectivity index (χ0n) is 18.5. The number of benzene rings is 3. The Morgan fingerprint density at radius 1 is 0.812 bits per heavy atom. The van der Waals surface area contributed by atoms with Crippen molar-refractivity contribution in [3.8, 4) is 5.75 Å². The van der Waals surface area contributed by atoms with Gasteiger partial charge in [0.05, 0.1) is 5.60 Å². The summed E-state index contributed by atoms with van der Waals surface area (Å²) in [6.45, 7) is 2.00. The van der Waals surface area contributed by atoms with Crippen LogP contribution in [0.25, 0.3) is 0 Å². The molecular weight excluding hydrogens is 401 g/mol. The first-order valence-corrected chi connectivity index (χ1v) is 11.5. The Morgan fingerprint density at radius 2 is 1.38 bits per heavy atom. The van der Waals surface area contributed by atoms with Crippen LogP contribution in [-0.4, -0.2) is 40.3 Å². The molecule has 0 amide bonds. The molecule has 4 rings (SSSR count). The molecule has 1 aliphatic rings. The van der Waals surface area contributed by atoms with Crippen LogP contribution in [0.2, 0.25) is 0 Å². The number of piperidine rings is 1. The molecule has 3 aromatic carbocycles. The van der Waals surface area contributed by atoms with E-state index in [0.29, 0.717) is 50.8 Å². The number of likely N-dealkylation sites (tertiary alicyclic amines) is 1. The van der Waals surface area contributed by atoms with E-state index >= 15 is 4.39 Å². The molecule has 0 saturated carbocycles. The van der Waals surface area contributed by atoms with Crippen molar-refractivity contribution in [1.29, 1.82) is 0 Å². The molecule has 0 unspecified atom stereocenters. The van der Waals surface area contributed by atoms with Crippen molar-refractivity contribution in [2.24, 2.45) is 0 Å². The van der Waals surface area contributed by atoms with Gasteiger partial charge in [0.25, 0.3) is 0 Å².